The lowest BCUT2D eigenvalue weighted by Crippen LogP contribution is -2.04. The fourth-order valence-corrected chi connectivity index (χ4v) is 3.53. The molecule has 0 amide bonds. The van der Waals surface area contributed by atoms with Gasteiger partial charge in [-0.25, -0.2) is 0 Å². The molecule has 1 aromatic carbocycles. The van der Waals surface area contributed by atoms with Crippen LogP contribution >= 0.6 is 11.8 Å². The van der Waals surface area contributed by atoms with Crippen LogP contribution in [0.15, 0.2) is 41.7 Å². The topological polar surface area (TPSA) is 61.4 Å². The Morgan fingerprint density at radius 1 is 1.17 bits per heavy atom. The molecular weight excluding hydrogens is 320 g/mol. The number of para-hydroxylation sites is 1. The molecule has 0 radical (unpaired) electrons. The smallest absolute Gasteiger partial charge is 0.191 e. The third kappa shape index (κ3) is 3.08. The van der Waals surface area contributed by atoms with Gasteiger partial charge in [-0.15, -0.1) is 10.2 Å². The fraction of sp³-hybridized carbons (Fsp3) is 0.412. The van der Waals surface area contributed by atoms with Gasteiger partial charge in [-0.05, 0) is 25.0 Å². The lowest BCUT2D eigenvalue weighted by molar-refractivity contribution is 0.599. The van der Waals surface area contributed by atoms with Crippen molar-refractivity contribution in [2.24, 2.45) is 0 Å². The molecule has 1 saturated carbocycles. The quantitative estimate of drug-likeness (QED) is 0.642. The molecule has 7 heteroatoms. The number of rotatable bonds is 6. The SMILES string of the molecule is CC(C)c1nnc(SCc2cnn(-c3ccccc3)n2)n1C1CC1. The largest absolute Gasteiger partial charge is 0.303 e. The maximum Gasteiger partial charge on any atom is 0.191 e. The Bertz CT molecular complexity index is 819. The number of thioether (sulfide) groups is 1. The van der Waals surface area contributed by atoms with E-state index in [2.05, 4.69) is 38.8 Å². The second-order valence-corrected chi connectivity index (χ2v) is 7.29. The first-order valence-electron chi connectivity index (χ1n) is 8.26. The average molecular weight is 340 g/mol. The van der Waals surface area contributed by atoms with Gasteiger partial charge in [0.2, 0.25) is 0 Å². The second-order valence-electron chi connectivity index (χ2n) is 6.35. The molecule has 0 saturated heterocycles. The molecule has 0 spiro atoms. The number of benzene rings is 1. The highest BCUT2D eigenvalue weighted by atomic mass is 32.2. The normalized spacial score (nSPS) is 14.5. The molecular formula is C17H20N6S. The van der Waals surface area contributed by atoms with Crippen LogP contribution in [0.2, 0.25) is 0 Å². The molecule has 1 fully saturated rings. The molecule has 24 heavy (non-hydrogen) atoms. The highest BCUT2D eigenvalue weighted by Crippen LogP contribution is 2.40. The van der Waals surface area contributed by atoms with Crippen LogP contribution in [0.3, 0.4) is 0 Å². The predicted octanol–water partition coefficient (Wildman–Crippen LogP) is 3.61. The minimum Gasteiger partial charge on any atom is -0.303 e. The Hall–Kier alpha value is -2.15. The summed E-state index contributed by atoms with van der Waals surface area (Å²) in [5, 5.41) is 18.7. The van der Waals surface area contributed by atoms with Crippen molar-refractivity contribution in [3.63, 3.8) is 0 Å². The standard InChI is InChI=1S/C17H20N6S/c1-12(2)16-19-20-17(22(16)14-8-9-14)24-11-13-10-18-23(21-13)15-6-4-3-5-7-15/h3-7,10,12,14H,8-9,11H2,1-2H3. The van der Waals surface area contributed by atoms with Crippen molar-refractivity contribution >= 4 is 11.8 Å². The van der Waals surface area contributed by atoms with Gasteiger partial charge in [-0.3, -0.25) is 0 Å². The molecule has 2 aromatic heterocycles. The van der Waals surface area contributed by atoms with Gasteiger partial charge in [-0.2, -0.15) is 15.0 Å². The van der Waals surface area contributed by atoms with Crippen molar-refractivity contribution in [1.82, 2.24) is 29.8 Å². The zero-order valence-electron chi connectivity index (χ0n) is 13.8. The van der Waals surface area contributed by atoms with E-state index in [0.717, 1.165) is 28.1 Å². The van der Waals surface area contributed by atoms with E-state index >= 15 is 0 Å². The van der Waals surface area contributed by atoms with E-state index in [1.54, 1.807) is 16.6 Å². The predicted molar refractivity (Wildman–Crippen MR) is 93.3 cm³/mol. The van der Waals surface area contributed by atoms with Crippen molar-refractivity contribution < 1.29 is 0 Å². The van der Waals surface area contributed by atoms with Gasteiger partial charge in [0.15, 0.2) is 5.16 Å². The molecule has 1 aliphatic rings. The maximum absolute atomic E-state index is 4.55. The van der Waals surface area contributed by atoms with Crippen molar-refractivity contribution in [3.05, 3.63) is 48.0 Å². The summed E-state index contributed by atoms with van der Waals surface area (Å²) in [6.07, 6.45) is 4.28. The van der Waals surface area contributed by atoms with Crippen LogP contribution in [0, 0.1) is 0 Å². The summed E-state index contributed by atoms with van der Waals surface area (Å²) in [6, 6.07) is 10.5. The van der Waals surface area contributed by atoms with Crippen LogP contribution in [-0.2, 0) is 5.75 Å². The van der Waals surface area contributed by atoms with Crippen molar-refractivity contribution in [1.29, 1.82) is 0 Å². The summed E-state index contributed by atoms with van der Waals surface area (Å²) >= 11 is 1.69. The number of hydrogen-bond donors (Lipinski definition) is 0. The first kappa shape index (κ1) is 15.4. The Morgan fingerprint density at radius 3 is 2.67 bits per heavy atom. The van der Waals surface area contributed by atoms with E-state index in [-0.39, 0.29) is 0 Å². The Morgan fingerprint density at radius 2 is 1.96 bits per heavy atom. The highest BCUT2D eigenvalue weighted by molar-refractivity contribution is 7.98. The number of hydrogen-bond acceptors (Lipinski definition) is 5. The molecule has 4 rings (SSSR count). The lowest BCUT2D eigenvalue weighted by Gasteiger charge is -2.10. The van der Waals surface area contributed by atoms with Crippen LogP contribution < -0.4 is 0 Å². The highest BCUT2D eigenvalue weighted by Gasteiger charge is 2.30. The van der Waals surface area contributed by atoms with Gasteiger partial charge in [0, 0.05) is 17.7 Å². The van der Waals surface area contributed by atoms with E-state index < -0.39 is 0 Å². The molecule has 0 aliphatic heterocycles. The van der Waals surface area contributed by atoms with Crippen molar-refractivity contribution in [3.8, 4) is 5.69 Å². The van der Waals surface area contributed by atoms with Crippen LogP contribution in [0.25, 0.3) is 5.69 Å². The van der Waals surface area contributed by atoms with Crippen LogP contribution in [0.1, 0.15) is 50.2 Å². The van der Waals surface area contributed by atoms with Crippen LogP contribution in [0.5, 0.6) is 0 Å². The van der Waals surface area contributed by atoms with Crippen LogP contribution in [-0.4, -0.2) is 29.8 Å². The van der Waals surface area contributed by atoms with Crippen LogP contribution in [0.4, 0.5) is 0 Å². The summed E-state index contributed by atoms with van der Waals surface area (Å²) < 4.78 is 2.32. The molecule has 0 atom stereocenters. The fourth-order valence-electron chi connectivity index (χ4n) is 2.64. The molecule has 2 heterocycles. The molecule has 6 nitrogen and oxygen atoms in total. The molecule has 124 valence electrons. The van der Waals surface area contributed by atoms with Crippen molar-refractivity contribution in [2.75, 3.05) is 0 Å². The Labute approximate surface area is 145 Å². The summed E-state index contributed by atoms with van der Waals surface area (Å²) in [5.74, 6) is 2.23. The summed E-state index contributed by atoms with van der Waals surface area (Å²) in [4.78, 5) is 1.67. The summed E-state index contributed by atoms with van der Waals surface area (Å²) in [5.41, 5.74) is 1.91. The van der Waals surface area contributed by atoms with Gasteiger partial charge in [0.1, 0.15) is 5.82 Å². The molecule has 3 aromatic rings. The minimum atomic E-state index is 0.395. The van der Waals surface area contributed by atoms with E-state index in [0.29, 0.717) is 12.0 Å². The zero-order chi connectivity index (χ0) is 16.5. The lowest BCUT2D eigenvalue weighted by atomic mass is 10.2. The van der Waals surface area contributed by atoms with Gasteiger partial charge in [-0.1, -0.05) is 43.8 Å². The molecule has 1 aliphatic carbocycles. The minimum absolute atomic E-state index is 0.395. The van der Waals surface area contributed by atoms with Gasteiger partial charge >= 0.3 is 0 Å². The maximum atomic E-state index is 4.55. The average Bonchev–Trinajstić information content (AvgIpc) is 3.17. The summed E-state index contributed by atoms with van der Waals surface area (Å²) in [6.45, 7) is 4.34. The third-order valence-electron chi connectivity index (χ3n) is 3.99. The zero-order valence-corrected chi connectivity index (χ0v) is 14.6. The monoisotopic (exact) mass is 340 g/mol. The second kappa shape index (κ2) is 6.39. The van der Waals surface area contributed by atoms with Crippen molar-refractivity contribution in [2.45, 2.75) is 49.6 Å². The number of nitrogens with zero attached hydrogens (tertiary/aromatic N) is 6. The van der Waals surface area contributed by atoms with E-state index in [1.165, 1.54) is 12.8 Å². The Kier molecular flexibility index (Phi) is 4.10. The Balaban J connectivity index is 1.49. The van der Waals surface area contributed by atoms with Gasteiger partial charge in [0.05, 0.1) is 17.6 Å². The molecule has 0 N–H and O–H groups in total. The molecule has 0 bridgehead atoms. The number of aromatic nitrogens is 6. The third-order valence-corrected chi connectivity index (χ3v) is 4.97. The molecule has 0 unspecified atom stereocenters. The first-order valence-corrected chi connectivity index (χ1v) is 9.25. The first-order chi connectivity index (χ1) is 11.7. The van der Waals surface area contributed by atoms with Gasteiger partial charge in [0.25, 0.3) is 0 Å². The van der Waals surface area contributed by atoms with E-state index in [4.69, 9.17) is 0 Å². The van der Waals surface area contributed by atoms with E-state index in [9.17, 15) is 0 Å². The van der Waals surface area contributed by atoms with Gasteiger partial charge < -0.3 is 4.57 Å². The van der Waals surface area contributed by atoms with E-state index in [1.807, 2.05) is 36.5 Å². The summed E-state index contributed by atoms with van der Waals surface area (Å²) in [7, 11) is 0.